The van der Waals surface area contributed by atoms with Gasteiger partial charge in [0.25, 0.3) is 5.95 Å². The molecular weight excluding hydrogens is 372 g/mol. The van der Waals surface area contributed by atoms with E-state index in [1.165, 1.54) is 6.42 Å². The van der Waals surface area contributed by atoms with Gasteiger partial charge in [0.2, 0.25) is 11.9 Å². The Morgan fingerprint density at radius 1 is 1.10 bits per heavy atom. The summed E-state index contributed by atoms with van der Waals surface area (Å²) in [6.45, 7) is 2.58. The summed E-state index contributed by atoms with van der Waals surface area (Å²) in [4.78, 5) is 12.8. The van der Waals surface area contributed by atoms with E-state index in [4.69, 9.17) is 15.2 Å². The van der Waals surface area contributed by atoms with E-state index in [-0.39, 0.29) is 5.95 Å². The molecule has 0 unspecified atom stereocenters. The summed E-state index contributed by atoms with van der Waals surface area (Å²) < 4.78 is 10.7. The maximum absolute atomic E-state index is 6.19. The van der Waals surface area contributed by atoms with Crippen molar-refractivity contribution in [3.05, 3.63) is 30.5 Å². The molecule has 2 aliphatic rings. The van der Waals surface area contributed by atoms with Gasteiger partial charge in [-0.25, -0.2) is 10.0 Å². The van der Waals surface area contributed by atoms with E-state index >= 15 is 0 Å². The SMILES string of the molecule is COc1ccc(Nc2nc(N)n(N3CC=CN=C3N3CCCCC3)n2)c(OC)c1. The van der Waals surface area contributed by atoms with Crippen molar-refractivity contribution in [3.8, 4) is 11.5 Å². The van der Waals surface area contributed by atoms with Gasteiger partial charge in [-0.2, -0.15) is 4.98 Å². The van der Waals surface area contributed by atoms with Crippen LogP contribution < -0.4 is 25.5 Å². The highest BCUT2D eigenvalue weighted by Gasteiger charge is 2.25. The Labute approximate surface area is 169 Å². The molecule has 154 valence electrons. The number of nitrogens with zero attached hydrogens (tertiary/aromatic N) is 6. The molecule has 1 aromatic heterocycles. The Balaban J connectivity index is 1.58. The molecule has 29 heavy (non-hydrogen) atoms. The van der Waals surface area contributed by atoms with Gasteiger partial charge in [-0.05, 0) is 37.5 Å². The first-order chi connectivity index (χ1) is 14.2. The van der Waals surface area contributed by atoms with E-state index in [1.54, 1.807) is 25.1 Å². The average molecular weight is 398 g/mol. The number of guanidine groups is 1. The van der Waals surface area contributed by atoms with Gasteiger partial charge in [0.1, 0.15) is 11.5 Å². The minimum atomic E-state index is 0.278. The van der Waals surface area contributed by atoms with Crippen LogP contribution in [0.5, 0.6) is 11.5 Å². The molecule has 3 heterocycles. The van der Waals surface area contributed by atoms with E-state index in [1.807, 2.05) is 29.4 Å². The Morgan fingerprint density at radius 2 is 1.93 bits per heavy atom. The summed E-state index contributed by atoms with van der Waals surface area (Å²) in [7, 11) is 3.21. The lowest BCUT2D eigenvalue weighted by Crippen LogP contribution is -2.53. The summed E-state index contributed by atoms with van der Waals surface area (Å²) >= 11 is 0. The second kappa shape index (κ2) is 8.29. The van der Waals surface area contributed by atoms with Gasteiger partial charge in [-0.15, -0.1) is 9.89 Å². The second-order valence-electron chi connectivity index (χ2n) is 6.82. The monoisotopic (exact) mass is 398 g/mol. The third-order valence-corrected chi connectivity index (χ3v) is 4.94. The van der Waals surface area contributed by atoms with Crippen molar-refractivity contribution >= 4 is 23.5 Å². The van der Waals surface area contributed by atoms with Crippen LogP contribution in [0.4, 0.5) is 17.6 Å². The van der Waals surface area contributed by atoms with E-state index in [9.17, 15) is 0 Å². The van der Waals surface area contributed by atoms with E-state index in [2.05, 4.69) is 25.3 Å². The fourth-order valence-corrected chi connectivity index (χ4v) is 3.48. The zero-order chi connectivity index (χ0) is 20.2. The standard InChI is InChI=1S/C19H26N8O2/c1-28-14-7-8-15(16(13-14)29-2)22-18-23-17(20)27(24-18)26-12-6-9-21-19(26)25-10-4-3-5-11-25/h6-9,13H,3-5,10-12H2,1-2H3,(H3,20,22,23,24). The average Bonchev–Trinajstić information content (AvgIpc) is 3.14. The van der Waals surface area contributed by atoms with E-state index in [0.717, 1.165) is 31.9 Å². The zero-order valence-electron chi connectivity index (χ0n) is 16.7. The number of hydrogen-bond acceptors (Lipinski definition) is 9. The molecule has 0 radical (unpaired) electrons. The lowest BCUT2D eigenvalue weighted by atomic mass is 10.1. The number of aliphatic imine (C=N–C) groups is 1. The zero-order valence-corrected chi connectivity index (χ0v) is 16.7. The Kier molecular flexibility index (Phi) is 5.41. The lowest BCUT2D eigenvalue weighted by Gasteiger charge is -2.36. The normalized spacial score (nSPS) is 16.6. The molecule has 0 bridgehead atoms. The van der Waals surface area contributed by atoms with Crippen molar-refractivity contribution in [3.63, 3.8) is 0 Å². The third kappa shape index (κ3) is 3.91. The number of hydrogen-bond donors (Lipinski definition) is 2. The van der Waals surface area contributed by atoms with Gasteiger partial charge in [0.15, 0.2) is 0 Å². The second-order valence-corrected chi connectivity index (χ2v) is 6.82. The largest absolute Gasteiger partial charge is 0.497 e. The molecule has 3 N–H and O–H groups in total. The van der Waals surface area contributed by atoms with Crippen molar-refractivity contribution in [1.82, 2.24) is 19.8 Å². The van der Waals surface area contributed by atoms with Crippen LogP contribution in [0.3, 0.4) is 0 Å². The molecule has 1 aromatic carbocycles. The van der Waals surface area contributed by atoms with E-state index < -0.39 is 0 Å². The molecule has 0 spiro atoms. The van der Waals surface area contributed by atoms with Gasteiger partial charge in [0.05, 0.1) is 26.5 Å². The number of likely N-dealkylation sites (tertiary alicyclic amines) is 1. The summed E-state index contributed by atoms with van der Waals surface area (Å²) in [5.41, 5.74) is 6.91. The molecule has 0 saturated carbocycles. The number of benzene rings is 1. The Morgan fingerprint density at radius 3 is 2.69 bits per heavy atom. The first-order valence-electron chi connectivity index (χ1n) is 9.67. The Bertz CT molecular complexity index is 917. The number of rotatable bonds is 5. The van der Waals surface area contributed by atoms with Crippen LogP contribution in [-0.2, 0) is 0 Å². The molecule has 1 fully saturated rings. The predicted molar refractivity (Wildman–Crippen MR) is 112 cm³/mol. The molecule has 10 nitrogen and oxygen atoms in total. The summed E-state index contributed by atoms with van der Waals surface area (Å²) in [5, 5.41) is 9.66. The lowest BCUT2D eigenvalue weighted by molar-refractivity contribution is 0.330. The number of methoxy groups -OCH3 is 2. The van der Waals surface area contributed by atoms with Gasteiger partial charge in [-0.1, -0.05) is 0 Å². The molecule has 4 rings (SSSR count). The van der Waals surface area contributed by atoms with Crippen LogP contribution in [0.1, 0.15) is 19.3 Å². The van der Waals surface area contributed by atoms with Crippen LogP contribution in [0.25, 0.3) is 0 Å². The number of ether oxygens (including phenoxy) is 2. The number of nitrogens with two attached hydrogens (primary N) is 1. The molecular formula is C19H26N8O2. The summed E-state index contributed by atoms with van der Waals surface area (Å²) in [5.74, 6) is 2.82. The number of piperidine rings is 1. The number of anilines is 3. The van der Waals surface area contributed by atoms with Crippen molar-refractivity contribution in [1.29, 1.82) is 0 Å². The van der Waals surface area contributed by atoms with Crippen molar-refractivity contribution in [2.24, 2.45) is 4.99 Å². The van der Waals surface area contributed by atoms with Crippen LogP contribution in [-0.4, -0.2) is 59.6 Å². The van der Waals surface area contributed by atoms with Gasteiger partial charge in [0, 0.05) is 25.4 Å². The molecule has 0 atom stereocenters. The maximum Gasteiger partial charge on any atom is 0.250 e. The predicted octanol–water partition coefficient (Wildman–Crippen LogP) is 1.93. The summed E-state index contributed by atoms with van der Waals surface area (Å²) in [6, 6.07) is 5.47. The molecule has 10 heteroatoms. The quantitative estimate of drug-likeness (QED) is 0.787. The number of aromatic nitrogens is 3. The van der Waals surface area contributed by atoms with Gasteiger partial charge < -0.3 is 25.4 Å². The minimum absolute atomic E-state index is 0.278. The first-order valence-corrected chi connectivity index (χ1v) is 9.67. The number of nitrogen functional groups attached to an aromatic ring is 1. The topological polar surface area (TPSA) is 106 Å². The fourth-order valence-electron chi connectivity index (χ4n) is 3.48. The van der Waals surface area contributed by atoms with Crippen LogP contribution in [0, 0.1) is 0 Å². The van der Waals surface area contributed by atoms with Crippen LogP contribution in [0.15, 0.2) is 35.5 Å². The highest BCUT2D eigenvalue weighted by Crippen LogP contribution is 2.31. The van der Waals surface area contributed by atoms with Crippen LogP contribution >= 0.6 is 0 Å². The Hall–Kier alpha value is -3.43. The minimum Gasteiger partial charge on any atom is -0.497 e. The smallest absolute Gasteiger partial charge is 0.250 e. The fraction of sp³-hybridized carbons (Fsp3) is 0.421. The van der Waals surface area contributed by atoms with Crippen LogP contribution in [0.2, 0.25) is 0 Å². The molecule has 0 amide bonds. The van der Waals surface area contributed by atoms with Crippen molar-refractivity contribution in [2.75, 3.05) is 49.9 Å². The highest BCUT2D eigenvalue weighted by atomic mass is 16.5. The maximum atomic E-state index is 6.19. The molecule has 2 aromatic rings. The third-order valence-electron chi connectivity index (χ3n) is 4.94. The molecule has 1 saturated heterocycles. The summed E-state index contributed by atoms with van der Waals surface area (Å²) in [6.07, 6.45) is 7.37. The van der Waals surface area contributed by atoms with Gasteiger partial charge >= 0.3 is 0 Å². The number of nitrogens with one attached hydrogen (secondary N) is 1. The van der Waals surface area contributed by atoms with E-state index in [0.29, 0.717) is 29.7 Å². The molecule has 2 aliphatic heterocycles. The molecule has 0 aliphatic carbocycles. The first kappa shape index (κ1) is 18.9. The van der Waals surface area contributed by atoms with Crippen molar-refractivity contribution in [2.45, 2.75) is 19.3 Å². The van der Waals surface area contributed by atoms with Crippen molar-refractivity contribution < 1.29 is 9.47 Å². The highest BCUT2D eigenvalue weighted by molar-refractivity contribution is 5.91. The van der Waals surface area contributed by atoms with Gasteiger partial charge in [-0.3, -0.25) is 0 Å².